The second-order valence-corrected chi connectivity index (χ2v) is 5.39. The number of rotatable bonds is 4. The van der Waals surface area contributed by atoms with Crippen LogP contribution < -0.4 is 11.1 Å². The van der Waals surface area contributed by atoms with Crippen molar-refractivity contribution in [2.24, 2.45) is 5.73 Å². The summed E-state index contributed by atoms with van der Waals surface area (Å²) < 4.78 is 0. The fourth-order valence-corrected chi connectivity index (χ4v) is 2.99. The van der Waals surface area contributed by atoms with Crippen LogP contribution in [0.15, 0.2) is 0 Å². The predicted molar refractivity (Wildman–Crippen MR) is 68.8 cm³/mol. The lowest BCUT2D eigenvalue weighted by Gasteiger charge is -2.40. The van der Waals surface area contributed by atoms with Crippen molar-refractivity contribution in [3.05, 3.63) is 0 Å². The fourth-order valence-electron chi connectivity index (χ4n) is 2.99. The third-order valence-electron chi connectivity index (χ3n) is 3.92. The Labute approximate surface area is 108 Å². The van der Waals surface area contributed by atoms with E-state index in [0.29, 0.717) is 6.04 Å². The average Bonchev–Trinajstić information content (AvgIpc) is 3.15. The highest BCUT2D eigenvalue weighted by Gasteiger charge is 2.40. The Balaban J connectivity index is 2.05. The quantitative estimate of drug-likeness (QED) is 0.760. The van der Waals surface area contributed by atoms with Crippen LogP contribution in [0.4, 0.5) is 0 Å². The lowest BCUT2D eigenvalue weighted by molar-refractivity contribution is -0.134. The standard InChI is InChI=1S/C13H23N3O2/c1-9(17)16(10-6-7-10)12-5-3-2-4-11(12)15-13(18)8-14/h10-12H,2-8,14H2,1H3,(H,15,18)/t11-,12+/m0/s1. The number of nitrogens with zero attached hydrogens (tertiary/aromatic N) is 1. The van der Waals surface area contributed by atoms with Gasteiger partial charge in [-0.1, -0.05) is 12.8 Å². The lowest BCUT2D eigenvalue weighted by Crippen LogP contribution is -2.56. The normalized spacial score (nSPS) is 27.7. The minimum atomic E-state index is -0.119. The maximum atomic E-state index is 11.8. The topological polar surface area (TPSA) is 75.4 Å². The first-order chi connectivity index (χ1) is 8.63. The van der Waals surface area contributed by atoms with Crippen molar-refractivity contribution in [2.45, 2.75) is 63.6 Å². The number of hydrogen-bond acceptors (Lipinski definition) is 3. The molecular formula is C13H23N3O2. The molecule has 3 N–H and O–H groups in total. The molecule has 0 heterocycles. The van der Waals surface area contributed by atoms with Crippen molar-refractivity contribution < 1.29 is 9.59 Å². The van der Waals surface area contributed by atoms with Gasteiger partial charge in [0.15, 0.2) is 0 Å². The molecule has 2 fully saturated rings. The lowest BCUT2D eigenvalue weighted by atomic mass is 9.88. The molecule has 0 aromatic heterocycles. The number of hydrogen-bond donors (Lipinski definition) is 2. The van der Waals surface area contributed by atoms with E-state index in [1.165, 1.54) is 0 Å². The van der Waals surface area contributed by atoms with E-state index in [0.717, 1.165) is 38.5 Å². The molecule has 18 heavy (non-hydrogen) atoms. The fraction of sp³-hybridized carbons (Fsp3) is 0.846. The van der Waals surface area contributed by atoms with Crippen molar-refractivity contribution in [1.29, 1.82) is 0 Å². The smallest absolute Gasteiger partial charge is 0.234 e. The van der Waals surface area contributed by atoms with E-state index in [1.807, 2.05) is 4.90 Å². The van der Waals surface area contributed by atoms with Crippen LogP contribution in [0.5, 0.6) is 0 Å². The Bertz CT molecular complexity index is 328. The summed E-state index contributed by atoms with van der Waals surface area (Å²) in [5.74, 6) is 0.0163. The Kier molecular flexibility index (Phi) is 4.22. The molecule has 0 spiro atoms. The van der Waals surface area contributed by atoms with Crippen molar-refractivity contribution in [3.8, 4) is 0 Å². The summed E-state index contributed by atoms with van der Waals surface area (Å²) >= 11 is 0. The molecule has 102 valence electrons. The predicted octanol–water partition coefficient (Wildman–Crippen LogP) is 0.383. The number of nitrogens with two attached hydrogens (primary N) is 1. The number of amides is 2. The first-order valence-corrected chi connectivity index (χ1v) is 6.92. The Morgan fingerprint density at radius 1 is 1.22 bits per heavy atom. The van der Waals surface area contributed by atoms with Gasteiger partial charge in [0.05, 0.1) is 12.6 Å². The summed E-state index contributed by atoms with van der Waals surface area (Å²) in [7, 11) is 0. The molecular weight excluding hydrogens is 230 g/mol. The van der Waals surface area contributed by atoms with Crippen LogP contribution in [0.1, 0.15) is 45.4 Å². The highest BCUT2D eigenvalue weighted by atomic mass is 16.2. The second kappa shape index (κ2) is 5.69. The minimum Gasteiger partial charge on any atom is -0.350 e. The SMILES string of the molecule is CC(=O)N(C1CC1)[C@@H]1CCCC[C@@H]1NC(=O)CN. The maximum absolute atomic E-state index is 11.8. The number of carbonyl (C=O) groups is 2. The van der Waals surface area contributed by atoms with Crippen LogP contribution in [0.25, 0.3) is 0 Å². The summed E-state index contributed by atoms with van der Waals surface area (Å²) in [5.41, 5.74) is 5.35. The molecule has 2 aliphatic rings. The van der Waals surface area contributed by atoms with E-state index in [2.05, 4.69) is 5.32 Å². The van der Waals surface area contributed by atoms with Gasteiger partial charge in [-0.05, 0) is 25.7 Å². The summed E-state index contributed by atoms with van der Waals surface area (Å²) in [6.45, 7) is 1.65. The molecule has 2 atom stereocenters. The molecule has 0 unspecified atom stereocenters. The zero-order valence-corrected chi connectivity index (χ0v) is 11.0. The van der Waals surface area contributed by atoms with Gasteiger partial charge in [0.25, 0.3) is 0 Å². The number of carbonyl (C=O) groups excluding carboxylic acids is 2. The molecule has 0 radical (unpaired) electrons. The van der Waals surface area contributed by atoms with Crippen molar-refractivity contribution >= 4 is 11.8 Å². The average molecular weight is 253 g/mol. The van der Waals surface area contributed by atoms with Gasteiger partial charge in [-0.15, -0.1) is 0 Å². The zero-order valence-electron chi connectivity index (χ0n) is 11.0. The first kappa shape index (κ1) is 13.3. The van der Waals surface area contributed by atoms with Crippen LogP contribution >= 0.6 is 0 Å². The van der Waals surface area contributed by atoms with Crippen molar-refractivity contribution in [3.63, 3.8) is 0 Å². The molecule has 5 nitrogen and oxygen atoms in total. The van der Waals surface area contributed by atoms with Crippen molar-refractivity contribution in [2.75, 3.05) is 6.54 Å². The van der Waals surface area contributed by atoms with Crippen LogP contribution in [0, 0.1) is 0 Å². The van der Waals surface area contributed by atoms with Gasteiger partial charge in [0.2, 0.25) is 11.8 Å². The third-order valence-corrected chi connectivity index (χ3v) is 3.92. The summed E-state index contributed by atoms with van der Waals surface area (Å²) in [5, 5.41) is 2.98. The summed E-state index contributed by atoms with van der Waals surface area (Å²) in [6, 6.07) is 0.654. The zero-order chi connectivity index (χ0) is 13.1. The van der Waals surface area contributed by atoms with E-state index in [9.17, 15) is 9.59 Å². The van der Waals surface area contributed by atoms with Gasteiger partial charge in [-0.25, -0.2) is 0 Å². The summed E-state index contributed by atoms with van der Waals surface area (Å²) in [6.07, 6.45) is 6.40. The molecule has 5 heteroatoms. The van der Waals surface area contributed by atoms with Crippen LogP contribution in [-0.4, -0.2) is 41.4 Å². The maximum Gasteiger partial charge on any atom is 0.234 e. The third kappa shape index (κ3) is 3.02. The second-order valence-electron chi connectivity index (χ2n) is 5.39. The molecule has 0 bridgehead atoms. The molecule has 2 amide bonds. The highest BCUT2D eigenvalue weighted by Crippen LogP contribution is 2.33. The van der Waals surface area contributed by atoms with E-state index in [-0.39, 0.29) is 30.4 Å². The van der Waals surface area contributed by atoms with Gasteiger partial charge >= 0.3 is 0 Å². The van der Waals surface area contributed by atoms with Gasteiger partial charge in [-0.2, -0.15) is 0 Å². The van der Waals surface area contributed by atoms with Gasteiger partial charge in [0.1, 0.15) is 0 Å². The van der Waals surface area contributed by atoms with Crippen molar-refractivity contribution in [1.82, 2.24) is 10.2 Å². The van der Waals surface area contributed by atoms with E-state index in [1.54, 1.807) is 6.92 Å². The van der Waals surface area contributed by atoms with Gasteiger partial charge in [0, 0.05) is 19.0 Å². The molecule has 0 aromatic rings. The van der Waals surface area contributed by atoms with Crippen LogP contribution in [0.2, 0.25) is 0 Å². The molecule has 2 saturated carbocycles. The Morgan fingerprint density at radius 2 is 1.89 bits per heavy atom. The monoisotopic (exact) mass is 253 g/mol. The molecule has 2 aliphatic carbocycles. The molecule has 2 rings (SSSR count). The number of nitrogens with one attached hydrogen (secondary N) is 1. The first-order valence-electron chi connectivity index (χ1n) is 6.92. The van der Waals surface area contributed by atoms with E-state index in [4.69, 9.17) is 5.73 Å². The molecule has 0 aromatic carbocycles. The van der Waals surface area contributed by atoms with Gasteiger partial charge in [-0.3, -0.25) is 9.59 Å². The van der Waals surface area contributed by atoms with Gasteiger partial charge < -0.3 is 16.0 Å². The summed E-state index contributed by atoms with van der Waals surface area (Å²) in [4.78, 5) is 25.3. The molecule has 0 aliphatic heterocycles. The van der Waals surface area contributed by atoms with Crippen LogP contribution in [-0.2, 0) is 9.59 Å². The van der Waals surface area contributed by atoms with Crippen LogP contribution in [0.3, 0.4) is 0 Å². The highest BCUT2D eigenvalue weighted by molar-refractivity contribution is 5.78. The van der Waals surface area contributed by atoms with E-state index < -0.39 is 0 Å². The Hall–Kier alpha value is -1.10. The minimum absolute atomic E-state index is 0.0206. The largest absolute Gasteiger partial charge is 0.350 e. The Morgan fingerprint density at radius 3 is 2.44 bits per heavy atom. The molecule has 0 saturated heterocycles. The van der Waals surface area contributed by atoms with E-state index >= 15 is 0 Å².